The molecule has 1 aliphatic heterocycles. The first kappa shape index (κ1) is 26.4. The van der Waals surface area contributed by atoms with Crippen LogP contribution in [0.4, 0.5) is 4.39 Å². The van der Waals surface area contributed by atoms with Crippen LogP contribution in [-0.4, -0.2) is 30.9 Å². The minimum absolute atomic E-state index is 0.0679. The van der Waals surface area contributed by atoms with Crippen LogP contribution < -0.4 is 24.4 Å². The molecule has 7 nitrogen and oxygen atoms in total. The molecule has 0 unspecified atom stereocenters. The molecule has 1 aliphatic rings. The van der Waals surface area contributed by atoms with E-state index in [0.29, 0.717) is 42.1 Å². The number of aromatic nitrogens is 1. The number of methoxy groups -OCH3 is 1. The molecule has 0 saturated heterocycles. The molecule has 0 N–H and O–H groups in total. The number of carbonyl (C=O) groups is 1. The molecular weight excluding hydrogens is 563 g/mol. The number of esters is 1. The van der Waals surface area contributed by atoms with Gasteiger partial charge in [-0.1, -0.05) is 29.4 Å². The second-order valence-corrected chi connectivity index (χ2v) is 9.74. The van der Waals surface area contributed by atoms with Crippen LogP contribution in [0.3, 0.4) is 0 Å². The summed E-state index contributed by atoms with van der Waals surface area (Å²) in [6, 6.07) is 8.35. The Morgan fingerprint density at radius 3 is 2.70 bits per heavy atom. The van der Waals surface area contributed by atoms with E-state index in [1.807, 2.05) is 0 Å². The SMILES string of the molecule is C#CCOc1c(Br)cc(/C=c2\sc3n(c2=O)[C@H](c2ccc(F)cc2)C(C(=O)OCC)=C(C)N=3)cc1OC. The van der Waals surface area contributed by atoms with Crippen LogP contribution in [0, 0.1) is 18.2 Å². The molecule has 0 amide bonds. The van der Waals surface area contributed by atoms with Crippen molar-refractivity contribution in [2.24, 2.45) is 4.99 Å². The summed E-state index contributed by atoms with van der Waals surface area (Å²) >= 11 is 4.65. The Balaban J connectivity index is 1.90. The first-order valence-corrected chi connectivity index (χ1v) is 12.8. The number of allylic oxidation sites excluding steroid dienone is 1. The van der Waals surface area contributed by atoms with E-state index < -0.39 is 17.8 Å². The lowest BCUT2D eigenvalue weighted by atomic mass is 9.96. The Labute approximate surface area is 224 Å². The zero-order valence-electron chi connectivity index (χ0n) is 20.2. The smallest absolute Gasteiger partial charge is 0.338 e. The Bertz CT molecular complexity index is 1620. The highest BCUT2D eigenvalue weighted by Gasteiger charge is 2.33. The van der Waals surface area contributed by atoms with Crippen LogP contribution in [0.5, 0.6) is 11.5 Å². The maximum Gasteiger partial charge on any atom is 0.338 e. The van der Waals surface area contributed by atoms with Crippen molar-refractivity contribution in [1.82, 2.24) is 4.57 Å². The van der Waals surface area contributed by atoms with Gasteiger partial charge < -0.3 is 14.2 Å². The van der Waals surface area contributed by atoms with Gasteiger partial charge in [-0.05, 0) is 71.2 Å². The lowest BCUT2D eigenvalue weighted by Crippen LogP contribution is -2.39. The third-order valence-electron chi connectivity index (χ3n) is 5.55. The highest BCUT2D eigenvalue weighted by Crippen LogP contribution is 2.37. The Hall–Kier alpha value is -3.68. The molecule has 0 saturated carbocycles. The average molecular weight is 585 g/mol. The predicted octanol–water partition coefficient (Wildman–Crippen LogP) is 3.72. The monoisotopic (exact) mass is 584 g/mol. The van der Waals surface area contributed by atoms with Gasteiger partial charge >= 0.3 is 5.97 Å². The molecule has 10 heteroatoms. The number of hydrogen-bond acceptors (Lipinski definition) is 7. The Kier molecular flexibility index (Phi) is 7.95. The van der Waals surface area contributed by atoms with Crippen molar-refractivity contribution in [2.45, 2.75) is 19.9 Å². The fourth-order valence-electron chi connectivity index (χ4n) is 3.98. The van der Waals surface area contributed by atoms with E-state index in [4.69, 9.17) is 20.6 Å². The van der Waals surface area contributed by atoms with Gasteiger partial charge in [-0.25, -0.2) is 14.2 Å². The minimum Gasteiger partial charge on any atom is -0.493 e. The highest BCUT2D eigenvalue weighted by molar-refractivity contribution is 9.10. The van der Waals surface area contributed by atoms with Gasteiger partial charge in [0.25, 0.3) is 5.56 Å². The first-order chi connectivity index (χ1) is 17.8. The number of fused-ring (bicyclic) bond motifs is 1. The summed E-state index contributed by atoms with van der Waals surface area (Å²) in [5, 5.41) is 0. The van der Waals surface area contributed by atoms with Gasteiger partial charge in [0.15, 0.2) is 16.3 Å². The van der Waals surface area contributed by atoms with Crippen LogP contribution in [0.15, 0.2) is 61.9 Å². The highest BCUT2D eigenvalue weighted by atomic mass is 79.9. The van der Waals surface area contributed by atoms with Crippen LogP contribution in [-0.2, 0) is 9.53 Å². The summed E-state index contributed by atoms with van der Waals surface area (Å²) in [4.78, 5) is 31.6. The van der Waals surface area contributed by atoms with Crippen LogP contribution in [0.2, 0.25) is 0 Å². The number of benzene rings is 2. The van der Waals surface area contributed by atoms with Gasteiger partial charge in [-0.15, -0.1) is 6.42 Å². The van der Waals surface area contributed by atoms with Gasteiger partial charge in [-0.3, -0.25) is 9.36 Å². The lowest BCUT2D eigenvalue weighted by molar-refractivity contribution is -0.139. The third kappa shape index (κ3) is 5.24. The minimum atomic E-state index is -0.820. The molecule has 0 radical (unpaired) electrons. The van der Waals surface area contributed by atoms with Gasteiger partial charge in [0.2, 0.25) is 0 Å². The normalized spacial score (nSPS) is 15.0. The first-order valence-electron chi connectivity index (χ1n) is 11.2. The summed E-state index contributed by atoms with van der Waals surface area (Å²) in [6.07, 6.45) is 7.00. The molecule has 37 heavy (non-hydrogen) atoms. The van der Waals surface area contributed by atoms with Crippen molar-refractivity contribution < 1.29 is 23.4 Å². The number of halogens is 2. The number of nitrogens with zero attached hydrogens (tertiary/aromatic N) is 2. The standard InChI is InChI=1S/C27H22BrFN2O5S/c1-5-11-36-24-19(28)12-16(13-20(24)34-4)14-21-25(32)31-23(17-7-9-18(29)10-8-17)22(26(33)35-6-2)15(3)30-27(31)37-21/h1,7-10,12-14,23H,6,11H2,2-4H3/b21-14-/t23-/m1/s1. The van der Waals surface area contributed by atoms with Crippen molar-refractivity contribution in [3.05, 3.63) is 88.8 Å². The quantitative estimate of drug-likeness (QED) is 0.312. The zero-order valence-corrected chi connectivity index (χ0v) is 22.6. The van der Waals surface area contributed by atoms with Gasteiger partial charge in [0.1, 0.15) is 12.4 Å². The maximum absolute atomic E-state index is 13.7. The number of terminal acetylenes is 1. The Morgan fingerprint density at radius 2 is 2.05 bits per heavy atom. The van der Waals surface area contributed by atoms with E-state index in [1.54, 1.807) is 44.2 Å². The van der Waals surface area contributed by atoms with Gasteiger partial charge in [-0.2, -0.15) is 0 Å². The van der Waals surface area contributed by atoms with Gasteiger partial charge in [0, 0.05) is 0 Å². The summed E-state index contributed by atoms with van der Waals surface area (Å²) in [5.74, 6) is 2.29. The number of carbonyl (C=O) groups excluding carboxylic acids is 1. The van der Waals surface area contributed by atoms with E-state index in [-0.39, 0.29) is 24.3 Å². The Morgan fingerprint density at radius 1 is 1.32 bits per heavy atom. The average Bonchev–Trinajstić information content (AvgIpc) is 3.17. The summed E-state index contributed by atoms with van der Waals surface area (Å²) in [7, 11) is 1.50. The summed E-state index contributed by atoms with van der Waals surface area (Å²) < 4.78 is 32.4. The van der Waals surface area contributed by atoms with Crippen LogP contribution in [0.25, 0.3) is 6.08 Å². The zero-order chi connectivity index (χ0) is 26.7. The molecule has 2 aromatic carbocycles. The molecule has 3 aromatic rings. The molecule has 0 bridgehead atoms. The van der Waals surface area contributed by atoms with Crippen molar-refractivity contribution in [2.75, 3.05) is 20.3 Å². The molecular formula is C27H22BrFN2O5S. The van der Waals surface area contributed by atoms with Crippen LogP contribution >= 0.6 is 27.3 Å². The van der Waals surface area contributed by atoms with E-state index in [9.17, 15) is 14.0 Å². The topological polar surface area (TPSA) is 79.1 Å². The second-order valence-electron chi connectivity index (χ2n) is 7.88. The predicted molar refractivity (Wildman–Crippen MR) is 142 cm³/mol. The molecule has 190 valence electrons. The van der Waals surface area contributed by atoms with Crippen molar-refractivity contribution in [3.63, 3.8) is 0 Å². The van der Waals surface area contributed by atoms with E-state index in [1.165, 1.54) is 35.1 Å². The largest absolute Gasteiger partial charge is 0.493 e. The maximum atomic E-state index is 13.7. The summed E-state index contributed by atoms with van der Waals surface area (Å²) in [6.45, 7) is 3.62. The lowest BCUT2D eigenvalue weighted by Gasteiger charge is -2.24. The molecule has 0 aliphatic carbocycles. The number of ether oxygens (including phenoxy) is 3. The van der Waals surface area contributed by atoms with Gasteiger partial charge in [0.05, 0.1) is 40.0 Å². The fourth-order valence-corrected chi connectivity index (χ4v) is 5.60. The molecule has 2 heterocycles. The van der Waals surface area contributed by atoms with E-state index >= 15 is 0 Å². The van der Waals surface area contributed by atoms with Crippen molar-refractivity contribution in [1.29, 1.82) is 0 Å². The fraction of sp³-hybridized carbons (Fsp3) is 0.222. The third-order valence-corrected chi connectivity index (χ3v) is 7.12. The molecule has 0 fully saturated rings. The second kappa shape index (κ2) is 11.2. The molecule has 1 atom stereocenters. The van der Waals surface area contributed by atoms with Crippen LogP contribution in [0.1, 0.15) is 31.0 Å². The molecule has 0 spiro atoms. The van der Waals surface area contributed by atoms with Crippen molar-refractivity contribution in [3.8, 4) is 23.8 Å². The molecule has 1 aromatic heterocycles. The molecule has 4 rings (SSSR count). The number of hydrogen-bond donors (Lipinski definition) is 0. The van der Waals surface area contributed by atoms with Crippen molar-refractivity contribution >= 4 is 39.3 Å². The number of thiazole rings is 1. The van der Waals surface area contributed by atoms with E-state index in [0.717, 1.165) is 0 Å². The summed E-state index contributed by atoms with van der Waals surface area (Å²) in [5.41, 5.74) is 1.54. The number of rotatable bonds is 7. The van der Waals surface area contributed by atoms with E-state index in [2.05, 4.69) is 26.8 Å².